The van der Waals surface area contributed by atoms with Crippen molar-refractivity contribution in [2.45, 2.75) is 12.5 Å². The first kappa shape index (κ1) is 16.4. The molecule has 110 valence electrons. The molecule has 2 aromatic rings. The fraction of sp³-hybridized carbons (Fsp3) is 0.125. The lowest BCUT2D eigenvalue weighted by molar-refractivity contribution is -0.138. The molecule has 5 nitrogen and oxygen atoms in total. The molecule has 0 saturated heterocycles. The smallest absolute Gasteiger partial charge is 0.320 e. The van der Waals surface area contributed by atoms with Crippen LogP contribution in [0.25, 0.3) is 0 Å². The number of carbonyl (C=O) groups excluding carboxylic acids is 1. The molecule has 5 heteroatoms. The molecular formula is C16H18N2O3. The third-order valence-corrected chi connectivity index (χ3v) is 2.67. The summed E-state index contributed by atoms with van der Waals surface area (Å²) in [5.41, 5.74) is 11.8. The van der Waals surface area contributed by atoms with Crippen molar-refractivity contribution in [1.29, 1.82) is 0 Å². The van der Waals surface area contributed by atoms with E-state index in [0.29, 0.717) is 12.0 Å². The summed E-state index contributed by atoms with van der Waals surface area (Å²) < 4.78 is 0. The molecule has 1 amide bonds. The quantitative estimate of drug-likeness (QED) is 0.790. The molecule has 0 radical (unpaired) electrons. The first-order chi connectivity index (χ1) is 10.0. The van der Waals surface area contributed by atoms with E-state index in [4.69, 9.17) is 16.6 Å². The summed E-state index contributed by atoms with van der Waals surface area (Å²) in [5, 5.41) is 8.52. The van der Waals surface area contributed by atoms with E-state index >= 15 is 0 Å². The van der Waals surface area contributed by atoms with Crippen LogP contribution in [0.1, 0.15) is 15.9 Å². The Labute approximate surface area is 123 Å². The second kappa shape index (κ2) is 8.50. The fourth-order valence-corrected chi connectivity index (χ4v) is 1.56. The van der Waals surface area contributed by atoms with Crippen molar-refractivity contribution in [2.24, 2.45) is 11.5 Å². The van der Waals surface area contributed by atoms with Crippen LogP contribution in [0.5, 0.6) is 0 Å². The van der Waals surface area contributed by atoms with Gasteiger partial charge in [-0.25, -0.2) is 0 Å². The molecule has 0 aliphatic heterocycles. The second-order valence-electron chi connectivity index (χ2n) is 4.36. The number of hydrogen-bond donors (Lipinski definition) is 3. The predicted molar refractivity (Wildman–Crippen MR) is 80.7 cm³/mol. The Bertz CT molecular complexity index is 571. The number of carbonyl (C=O) groups is 2. The van der Waals surface area contributed by atoms with Crippen LogP contribution in [0.15, 0.2) is 60.7 Å². The largest absolute Gasteiger partial charge is 0.480 e. The Morgan fingerprint density at radius 2 is 1.43 bits per heavy atom. The summed E-state index contributed by atoms with van der Waals surface area (Å²) >= 11 is 0. The Hall–Kier alpha value is -2.66. The summed E-state index contributed by atoms with van der Waals surface area (Å²) in [7, 11) is 0. The minimum absolute atomic E-state index is 0.379. The minimum atomic E-state index is -0.959. The molecule has 0 bridgehead atoms. The third-order valence-electron chi connectivity index (χ3n) is 2.67. The van der Waals surface area contributed by atoms with Gasteiger partial charge in [0.05, 0.1) is 0 Å². The molecule has 0 spiro atoms. The molecule has 0 fully saturated rings. The van der Waals surface area contributed by atoms with Crippen LogP contribution in [-0.2, 0) is 11.2 Å². The number of benzene rings is 2. The fourth-order valence-electron chi connectivity index (χ4n) is 1.56. The molecular weight excluding hydrogens is 268 g/mol. The van der Waals surface area contributed by atoms with Crippen LogP contribution in [-0.4, -0.2) is 23.0 Å². The maximum atomic E-state index is 10.4. The van der Waals surface area contributed by atoms with Crippen molar-refractivity contribution in [3.05, 3.63) is 71.8 Å². The number of aliphatic carboxylic acids is 1. The topological polar surface area (TPSA) is 106 Å². The first-order valence-electron chi connectivity index (χ1n) is 6.38. The molecule has 0 aromatic heterocycles. The van der Waals surface area contributed by atoms with Crippen molar-refractivity contribution >= 4 is 11.9 Å². The summed E-state index contributed by atoms with van der Waals surface area (Å²) in [6, 6.07) is 17.3. The Kier molecular flexibility index (Phi) is 6.63. The Balaban J connectivity index is 0.000000219. The number of carboxylic acids is 1. The lowest BCUT2D eigenvalue weighted by atomic mass is 10.1. The summed E-state index contributed by atoms with van der Waals surface area (Å²) in [5.74, 6) is -1.34. The number of primary amides is 1. The van der Waals surface area contributed by atoms with E-state index in [2.05, 4.69) is 0 Å². The number of nitrogens with two attached hydrogens (primary N) is 2. The van der Waals surface area contributed by atoms with Gasteiger partial charge in [-0.1, -0.05) is 48.5 Å². The SMILES string of the molecule is NC(=O)c1ccccc1.N[C@@H](Cc1ccccc1)C(=O)O. The Morgan fingerprint density at radius 3 is 1.81 bits per heavy atom. The second-order valence-corrected chi connectivity index (χ2v) is 4.36. The highest BCUT2D eigenvalue weighted by atomic mass is 16.4. The summed E-state index contributed by atoms with van der Waals surface area (Å²) in [4.78, 5) is 20.8. The zero-order valence-corrected chi connectivity index (χ0v) is 11.5. The highest BCUT2D eigenvalue weighted by Gasteiger charge is 2.10. The van der Waals surface area contributed by atoms with Crippen LogP contribution in [0.4, 0.5) is 0 Å². The summed E-state index contributed by atoms with van der Waals surface area (Å²) in [6.45, 7) is 0. The molecule has 1 atom stereocenters. The van der Waals surface area contributed by atoms with Gasteiger partial charge in [0.15, 0.2) is 0 Å². The lowest BCUT2D eigenvalue weighted by Gasteiger charge is -2.04. The molecule has 5 N–H and O–H groups in total. The van der Waals surface area contributed by atoms with Crippen molar-refractivity contribution in [1.82, 2.24) is 0 Å². The van der Waals surface area contributed by atoms with Gasteiger partial charge >= 0.3 is 5.97 Å². The average molecular weight is 286 g/mol. The van der Waals surface area contributed by atoms with Gasteiger partial charge in [-0.05, 0) is 24.1 Å². The van der Waals surface area contributed by atoms with Crippen LogP contribution in [0.3, 0.4) is 0 Å². The molecule has 0 aliphatic rings. The van der Waals surface area contributed by atoms with Crippen molar-refractivity contribution < 1.29 is 14.7 Å². The van der Waals surface area contributed by atoms with Gasteiger partial charge in [-0.3, -0.25) is 9.59 Å². The van der Waals surface area contributed by atoms with Crippen molar-refractivity contribution in [3.63, 3.8) is 0 Å². The van der Waals surface area contributed by atoms with Gasteiger partial charge in [-0.2, -0.15) is 0 Å². The molecule has 2 aromatic carbocycles. The van der Waals surface area contributed by atoms with Crippen LogP contribution < -0.4 is 11.5 Å². The van der Waals surface area contributed by atoms with Crippen LogP contribution >= 0.6 is 0 Å². The molecule has 2 rings (SSSR count). The maximum absolute atomic E-state index is 10.4. The minimum Gasteiger partial charge on any atom is -0.480 e. The van der Waals surface area contributed by atoms with E-state index in [9.17, 15) is 9.59 Å². The highest BCUT2D eigenvalue weighted by Crippen LogP contribution is 2.01. The van der Waals surface area contributed by atoms with Crippen molar-refractivity contribution in [2.75, 3.05) is 0 Å². The van der Waals surface area contributed by atoms with Gasteiger partial charge in [0, 0.05) is 5.56 Å². The van der Waals surface area contributed by atoms with Gasteiger partial charge in [-0.15, -0.1) is 0 Å². The van der Waals surface area contributed by atoms with Gasteiger partial charge in [0.25, 0.3) is 0 Å². The number of amides is 1. The average Bonchev–Trinajstić information content (AvgIpc) is 2.49. The highest BCUT2D eigenvalue weighted by molar-refractivity contribution is 5.92. The molecule has 0 saturated carbocycles. The Morgan fingerprint density at radius 1 is 0.952 bits per heavy atom. The predicted octanol–water partition coefficient (Wildman–Crippen LogP) is 1.43. The normalized spacial score (nSPS) is 10.9. The van der Waals surface area contributed by atoms with E-state index in [0.717, 1.165) is 5.56 Å². The maximum Gasteiger partial charge on any atom is 0.320 e. The number of hydrogen-bond acceptors (Lipinski definition) is 3. The third kappa shape index (κ3) is 6.35. The monoisotopic (exact) mass is 286 g/mol. The van der Waals surface area contributed by atoms with Gasteiger partial charge in [0.2, 0.25) is 5.91 Å². The zero-order valence-electron chi connectivity index (χ0n) is 11.5. The summed E-state index contributed by atoms with van der Waals surface area (Å²) in [6.07, 6.45) is 0.385. The number of rotatable bonds is 4. The van der Waals surface area contributed by atoms with E-state index < -0.39 is 12.0 Å². The van der Waals surface area contributed by atoms with E-state index in [1.165, 1.54) is 0 Å². The van der Waals surface area contributed by atoms with E-state index in [-0.39, 0.29) is 5.91 Å². The molecule has 0 unspecified atom stereocenters. The molecule has 0 aliphatic carbocycles. The van der Waals surface area contributed by atoms with Crippen LogP contribution in [0.2, 0.25) is 0 Å². The molecule has 21 heavy (non-hydrogen) atoms. The zero-order chi connectivity index (χ0) is 15.7. The number of carboxylic acid groups (broad SMARTS) is 1. The van der Waals surface area contributed by atoms with Gasteiger partial charge in [0.1, 0.15) is 6.04 Å². The standard InChI is InChI=1S/C9H11NO2.C7H7NO/c10-8(9(11)12)6-7-4-2-1-3-5-7;8-7(9)6-4-2-1-3-5-6/h1-5,8H,6,10H2,(H,11,12);1-5H,(H2,8,9)/t8-;/m0./s1. The van der Waals surface area contributed by atoms with Gasteiger partial charge < -0.3 is 16.6 Å². The van der Waals surface area contributed by atoms with Crippen LogP contribution in [0, 0.1) is 0 Å². The van der Waals surface area contributed by atoms with E-state index in [1.807, 2.05) is 36.4 Å². The first-order valence-corrected chi connectivity index (χ1v) is 6.38. The molecule has 0 heterocycles. The van der Waals surface area contributed by atoms with E-state index in [1.54, 1.807) is 24.3 Å². The lowest BCUT2D eigenvalue weighted by Crippen LogP contribution is -2.32. The van der Waals surface area contributed by atoms with Crippen molar-refractivity contribution in [3.8, 4) is 0 Å².